The Balaban J connectivity index is 0.00000122. The second kappa shape index (κ2) is 14.8. The predicted octanol–water partition coefficient (Wildman–Crippen LogP) is 6.99. The van der Waals surface area contributed by atoms with Crippen LogP contribution in [-0.2, 0) is 4.79 Å². The third-order valence-electron chi connectivity index (χ3n) is 4.25. The number of halogens is 1. The summed E-state index contributed by atoms with van der Waals surface area (Å²) in [5, 5.41) is 0. The number of hydrogen-bond acceptors (Lipinski definition) is 4. The van der Waals surface area contributed by atoms with E-state index < -0.39 is 0 Å². The van der Waals surface area contributed by atoms with Crippen LogP contribution in [0.3, 0.4) is 0 Å². The largest absolute Gasteiger partial charge is 0.372 e. The van der Waals surface area contributed by atoms with Crippen LogP contribution in [-0.4, -0.2) is 25.5 Å². The maximum absolute atomic E-state index is 8.58. The Morgan fingerprint density at radius 1 is 1.07 bits per heavy atom. The Bertz CT molecular complexity index is 695. The van der Waals surface area contributed by atoms with Gasteiger partial charge in [-0.2, -0.15) is 0 Å². The van der Waals surface area contributed by atoms with Crippen LogP contribution >= 0.6 is 39.6 Å². The summed E-state index contributed by atoms with van der Waals surface area (Å²) < 4.78 is 3.33. The van der Waals surface area contributed by atoms with Crippen molar-refractivity contribution >= 4 is 51.7 Å². The van der Waals surface area contributed by atoms with Gasteiger partial charge in [0.05, 0.1) is 5.69 Å². The molecule has 6 heteroatoms. The Labute approximate surface area is 187 Å². The van der Waals surface area contributed by atoms with E-state index in [4.69, 9.17) is 4.79 Å². The van der Waals surface area contributed by atoms with E-state index in [2.05, 4.69) is 88.7 Å². The van der Waals surface area contributed by atoms with E-state index in [0.717, 1.165) is 4.47 Å². The molecular weight excluding hydrogens is 452 g/mol. The highest BCUT2D eigenvalue weighted by Gasteiger charge is 2.10. The lowest BCUT2D eigenvalue weighted by Gasteiger charge is -2.20. The first-order chi connectivity index (χ1) is 13.6. The van der Waals surface area contributed by atoms with Crippen molar-refractivity contribution in [3.8, 4) is 11.1 Å². The van der Waals surface area contributed by atoms with Crippen molar-refractivity contribution in [3.63, 3.8) is 0 Å². The van der Waals surface area contributed by atoms with Crippen LogP contribution in [0.15, 0.2) is 51.8 Å². The SMILES string of the molecule is CCCCCCCSc1ccc(-c2cc(Br)ccc2N(C)SC)cc1.NC=O. The van der Waals surface area contributed by atoms with Crippen molar-refractivity contribution in [2.45, 2.75) is 43.9 Å². The molecule has 0 fully saturated rings. The molecule has 0 aromatic heterocycles. The van der Waals surface area contributed by atoms with E-state index >= 15 is 0 Å². The van der Waals surface area contributed by atoms with Gasteiger partial charge in [-0.15, -0.1) is 11.8 Å². The number of thioether (sulfide) groups is 1. The zero-order valence-electron chi connectivity index (χ0n) is 17.0. The molecule has 0 aliphatic rings. The van der Waals surface area contributed by atoms with E-state index in [1.807, 2.05) is 11.8 Å². The summed E-state index contributed by atoms with van der Waals surface area (Å²) in [5.74, 6) is 1.22. The van der Waals surface area contributed by atoms with Gasteiger partial charge in [0.2, 0.25) is 6.41 Å². The van der Waals surface area contributed by atoms with Crippen molar-refractivity contribution in [1.29, 1.82) is 0 Å². The average Bonchev–Trinajstić information content (AvgIpc) is 2.71. The average molecular weight is 484 g/mol. The molecule has 0 spiro atoms. The molecule has 154 valence electrons. The molecule has 28 heavy (non-hydrogen) atoms. The van der Waals surface area contributed by atoms with Crippen LogP contribution in [0.1, 0.15) is 39.0 Å². The zero-order chi connectivity index (χ0) is 20.8. The maximum atomic E-state index is 8.58. The number of nitrogens with two attached hydrogens (primary N) is 1. The summed E-state index contributed by atoms with van der Waals surface area (Å²) in [6, 6.07) is 15.5. The van der Waals surface area contributed by atoms with Gasteiger partial charge in [-0.1, -0.05) is 72.6 Å². The number of amides is 1. The van der Waals surface area contributed by atoms with Gasteiger partial charge in [0.25, 0.3) is 0 Å². The molecule has 0 saturated heterocycles. The molecule has 0 saturated carbocycles. The van der Waals surface area contributed by atoms with Gasteiger partial charge < -0.3 is 10.0 Å². The van der Waals surface area contributed by atoms with Crippen molar-refractivity contribution in [1.82, 2.24) is 0 Å². The monoisotopic (exact) mass is 482 g/mol. The lowest BCUT2D eigenvalue weighted by atomic mass is 10.0. The molecule has 2 aromatic rings. The number of benzene rings is 2. The minimum Gasteiger partial charge on any atom is -0.372 e. The Morgan fingerprint density at radius 3 is 2.32 bits per heavy atom. The highest BCUT2D eigenvalue weighted by atomic mass is 79.9. The molecule has 0 unspecified atom stereocenters. The van der Waals surface area contributed by atoms with Gasteiger partial charge in [0.1, 0.15) is 0 Å². The standard InChI is InChI=1S/C21H28BrNS2.CH3NO/c1-4-5-6-7-8-15-25-19-12-9-17(10-13-19)20-16-18(22)11-14-21(20)23(2)24-3;2-1-3/h9-14,16H,4-8,15H2,1-3H3;1H,(H2,2,3). The molecule has 0 bridgehead atoms. The summed E-state index contributed by atoms with van der Waals surface area (Å²) >= 11 is 7.32. The van der Waals surface area contributed by atoms with Gasteiger partial charge >= 0.3 is 0 Å². The first-order valence-corrected chi connectivity index (χ1v) is 12.5. The number of primary amides is 1. The van der Waals surface area contributed by atoms with Gasteiger partial charge in [0, 0.05) is 28.2 Å². The van der Waals surface area contributed by atoms with E-state index in [9.17, 15) is 0 Å². The van der Waals surface area contributed by atoms with Crippen LogP contribution in [0.5, 0.6) is 0 Å². The second-order valence-electron chi connectivity index (χ2n) is 6.26. The van der Waals surface area contributed by atoms with Gasteiger partial charge in [-0.3, -0.25) is 4.79 Å². The highest BCUT2D eigenvalue weighted by molar-refractivity contribution is 9.10. The molecule has 0 heterocycles. The Morgan fingerprint density at radius 2 is 1.71 bits per heavy atom. The predicted molar refractivity (Wildman–Crippen MR) is 131 cm³/mol. The fourth-order valence-electron chi connectivity index (χ4n) is 2.74. The molecule has 1 amide bonds. The van der Waals surface area contributed by atoms with E-state index in [-0.39, 0.29) is 6.41 Å². The van der Waals surface area contributed by atoms with E-state index in [1.165, 1.54) is 59.6 Å². The number of unbranched alkanes of at least 4 members (excludes halogenated alkanes) is 4. The summed E-state index contributed by atoms with van der Waals surface area (Å²) in [5.41, 5.74) is 7.94. The molecule has 0 aliphatic heterocycles. The number of nitrogens with zero attached hydrogens (tertiary/aromatic N) is 1. The first-order valence-electron chi connectivity index (χ1n) is 9.53. The minimum atomic E-state index is 0.250. The summed E-state index contributed by atoms with van der Waals surface area (Å²) in [4.78, 5) is 9.95. The molecule has 3 nitrogen and oxygen atoms in total. The van der Waals surface area contributed by atoms with Crippen LogP contribution < -0.4 is 10.0 Å². The van der Waals surface area contributed by atoms with Crippen molar-refractivity contribution in [3.05, 3.63) is 46.9 Å². The summed E-state index contributed by atoms with van der Waals surface area (Å²) in [6.07, 6.45) is 9.11. The van der Waals surface area contributed by atoms with E-state index in [1.54, 1.807) is 11.9 Å². The summed E-state index contributed by atoms with van der Waals surface area (Å²) in [7, 11) is 2.11. The number of carbonyl (C=O) groups is 1. The van der Waals surface area contributed by atoms with Crippen molar-refractivity contribution < 1.29 is 4.79 Å². The van der Waals surface area contributed by atoms with Gasteiger partial charge in [-0.05, 0) is 48.1 Å². The lowest BCUT2D eigenvalue weighted by Crippen LogP contribution is -2.06. The number of hydrogen-bond donors (Lipinski definition) is 1. The normalized spacial score (nSPS) is 10.1. The van der Waals surface area contributed by atoms with Crippen LogP contribution in [0.2, 0.25) is 0 Å². The van der Waals surface area contributed by atoms with Crippen molar-refractivity contribution in [2.75, 3.05) is 23.4 Å². The first kappa shape index (κ1) is 24.9. The third-order valence-corrected chi connectivity index (χ3v) is 6.59. The number of rotatable bonds is 10. The maximum Gasteiger partial charge on any atom is 0.204 e. The second-order valence-corrected chi connectivity index (χ2v) is 9.26. The number of carbonyl (C=O) groups excluding carboxylic acids is 1. The van der Waals surface area contributed by atoms with Crippen LogP contribution in [0.25, 0.3) is 11.1 Å². The molecular formula is C22H31BrN2OS2. The lowest BCUT2D eigenvalue weighted by molar-refractivity contribution is -0.106. The van der Waals surface area contributed by atoms with Gasteiger partial charge in [0.15, 0.2) is 0 Å². The minimum absolute atomic E-state index is 0.250. The van der Waals surface area contributed by atoms with Gasteiger partial charge in [-0.25, -0.2) is 0 Å². The molecule has 0 aliphatic carbocycles. The van der Waals surface area contributed by atoms with Crippen LogP contribution in [0, 0.1) is 0 Å². The molecule has 0 atom stereocenters. The molecule has 2 aromatic carbocycles. The highest BCUT2D eigenvalue weighted by Crippen LogP contribution is 2.35. The topological polar surface area (TPSA) is 46.3 Å². The fourth-order valence-corrected chi connectivity index (χ4v) is 4.37. The molecule has 2 N–H and O–H groups in total. The zero-order valence-corrected chi connectivity index (χ0v) is 20.2. The van der Waals surface area contributed by atoms with Crippen LogP contribution in [0.4, 0.5) is 5.69 Å². The van der Waals surface area contributed by atoms with E-state index in [0.29, 0.717) is 0 Å². The fraction of sp³-hybridized carbons (Fsp3) is 0.409. The third kappa shape index (κ3) is 8.93. The smallest absolute Gasteiger partial charge is 0.204 e. The van der Waals surface area contributed by atoms with Crippen molar-refractivity contribution in [2.24, 2.45) is 5.73 Å². The molecule has 2 rings (SSSR count). The summed E-state index contributed by atoms with van der Waals surface area (Å²) in [6.45, 7) is 2.27. The quantitative estimate of drug-likeness (QED) is 0.171. The number of anilines is 1. The Hall–Kier alpha value is -1.11. The molecule has 0 radical (unpaired) electrons. The Kier molecular flexibility index (Phi) is 13.2.